The first kappa shape index (κ1) is 18.2. The zero-order valence-corrected chi connectivity index (χ0v) is 17.5. The van der Waals surface area contributed by atoms with Gasteiger partial charge in [-0.2, -0.15) is 0 Å². The van der Waals surface area contributed by atoms with E-state index in [-0.39, 0.29) is 11.7 Å². The molecule has 28 heavy (non-hydrogen) atoms. The molecule has 5 rings (SSSR count). The third-order valence-corrected chi connectivity index (χ3v) is 6.85. The quantitative estimate of drug-likeness (QED) is 0.709. The lowest BCUT2D eigenvalue weighted by Gasteiger charge is -2.33. The first-order valence-electron chi connectivity index (χ1n) is 10.1. The molecule has 1 saturated heterocycles. The summed E-state index contributed by atoms with van der Waals surface area (Å²) >= 11 is 1.69. The molecule has 3 aromatic rings. The summed E-state index contributed by atoms with van der Waals surface area (Å²) in [7, 11) is 0. The third kappa shape index (κ3) is 3.06. The zero-order chi connectivity index (χ0) is 19.3. The van der Waals surface area contributed by atoms with Crippen molar-refractivity contribution in [3.05, 3.63) is 23.1 Å². The molecular formula is C21H26N4O2S. The first-order chi connectivity index (χ1) is 13.6. The zero-order valence-electron chi connectivity index (χ0n) is 16.7. The highest BCUT2D eigenvalue weighted by atomic mass is 32.1. The Morgan fingerprint density at radius 3 is 2.96 bits per heavy atom. The SMILES string of the molecule is CCc1nc2sc3c(NC[C@H]4CCCO4)ncnc3c2c2c1COC(C)(C)C2. The number of thiophene rings is 1. The van der Waals surface area contributed by atoms with Gasteiger partial charge in [-0.05, 0) is 38.7 Å². The highest BCUT2D eigenvalue weighted by Gasteiger charge is 2.31. The second kappa shape index (κ2) is 6.90. The molecule has 5 heterocycles. The van der Waals surface area contributed by atoms with Crippen LogP contribution in [0.3, 0.4) is 0 Å². The number of pyridine rings is 1. The van der Waals surface area contributed by atoms with Crippen LogP contribution in [0, 0.1) is 0 Å². The predicted molar refractivity (Wildman–Crippen MR) is 112 cm³/mol. The summed E-state index contributed by atoms with van der Waals surface area (Å²) in [4.78, 5) is 15.2. The lowest BCUT2D eigenvalue weighted by atomic mass is 9.89. The lowest BCUT2D eigenvalue weighted by Crippen LogP contribution is -2.32. The van der Waals surface area contributed by atoms with E-state index in [1.165, 1.54) is 16.5 Å². The molecule has 0 aliphatic carbocycles. The van der Waals surface area contributed by atoms with Gasteiger partial charge < -0.3 is 14.8 Å². The van der Waals surface area contributed by atoms with Crippen LogP contribution in [0.2, 0.25) is 0 Å². The maximum Gasteiger partial charge on any atom is 0.147 e. The largest absolute Gasteiger partial charge is 0.376 e. The van der Waals surface area contributed by atoms with E-state index in [1.54, 1.807) is 17.7 Å². The van der Waals surface area contributed by atoms with Gasteiger partial charge >= 0.3 is 0 Å². The molecule has 148 valence electrons. The number of aryl methyl sites for hydroxylation is 1. The lowest BCUT2D eigenvalue weighted by molar-refractivity contribution is -0.0401. The number of anilines is 1. The van der Waals surface area contributed by atoms with Crippen LogP contribution in [0.25, 0.3) is 20.4 Å². The van der Waals surface area contributed by atoms with E-state index in [0.29, 0.717) is 6.61 Å². The van der Waals surface area contributed by atoms with Crippen molar-refractivity contribution < 1.29 is 9.47 Å². The van der Waals surface area contributed by atoms with Crippen molar-refractivity contribution in [1.82, 2.24) is 15.0 Å². The van der Waals surface area contributed by atoms with E-state index in [2.05, 4.69) is 36.1 Å². The Labute approximate surface area is 168 Å². The van der Waals surface area contributed by atoms with Gasteiger partial charge in [-0.3, -0.25) is 0 Å². The number of aromatic nitrogens is 3. The highest BCUT2D eigenvalue weighted by molar-refractivity contribution is 7.26. The summed E-state index contributed by atoms with van der Waals surface area (Å²) in [5.41, 5.74) is 4.59. The minimum absolute atomic E-state index is 0.172. The van der Waals surface area contributed by atoms with Crippen molar-refractivity contribution in [3.63, 3.8) is 0 Å². The fraction of sp³-hybridized carbons (Fsp3) is 0.571. The Morgan fingerprint density at radius 1 is 1.29 bits per heavy atom. The fourth-order valence-electron chi connectivity index (χ4n) is 4.31. The Hall–Kier alpha value is -1.83. The van der Waals surface area contributed by atoms with Gasteiger partial charge in [0, 0.05) is 36.2 Å². The van der Waals surface area contributed by atoms with E-state index in [0.717, 1.165) is 65.4 Å². The van der Waals surface area contributed by atoms with Gasteiger partial charge in [0.05, 0.1) is 28.5 Å². The van der Waals surface area contributed by atoms with E-state index in [1.807, 2.05) is 0 Å². The standard InChI is InChI=1S/C21H26N4O2S/c1-4-15-14-10-27-21(2,3)8-13(14)16-17-18(28-20(16)25-15)19(24-11-23-17)22-9-12-6-5-7-26-12/h11-12H,4-10H2,1-3H3,(H,22,23,24)/t12-/m1/s1. The molecule has 2 aliphatic rings. The van der Waals surface area contributed by atoms with Crippen LogP contribution in [0.15, 0.2) is 6.33 Å². The number of nitrogens with zero attached hydrogens (tertiary/aromatic N) is 3. The van der Waals surface area contributed by atoms with E-state index >= 15 is 0 Å². The van der Waals surface area contributed by atoms with Crippen LogP contribution in [0.1, 0.15) is 50.4 Å². The molecule has 0 radical (unpaired) electrons. The molecule has 0 aromatic carbocycles. The topological polar surface area (TPSA) is 69.2 Å². The minimum atomic E-state index is -0.172. The Morgan fingerprint density at radius 2 is 2.18 bits per heavy atom. The number of nitrogens with one attached hydrogen (secondary N) is 1. The Balaban J connectivity index is 1.64. The molecular weight excluding hydrogens is 372 g/mol. The predicted octanol–water partition coefficient (Wildman–Crippen LogP) is 4.24. The average molecular weight is 399 g/mol. The molecule has 3 aromatic heterocycles. The summed E-state index contributed by atoms with van der Waals surface area (Å²) in [5.74, 6) is 0.890. The molecule has 1 atom stereocenters. The second-order valence-electron chi connectivity index (χ2n) is 8.29. The second-order valence-corrected chi connectivity index (χ2v) is 9.29. The minimum Gasteiger partial charge on any atom is -0.376 e. The summed E-state index contributed by atoms with van der Waals surface area (Å²) in [6.07, 6.45) is 5.97. The van der Waals surface area contributed by atoms with Gasteiger partial charge in [-0.25, -0.2) is 15.0 Å². The summed E-state index contributed by atoms with van der Waals surface area (Å²) < 4.78 is 12.9. The highest BCUT2D eigenvalue weighted by Crippen LogP contribution is 2.42. The number of ether oxygens (including phenoxy) is 2. The van der Waals surface area contributed by atoms with E-state index in [9.17, 15) is 0 Å². The van der Waals surface area contributed by atoms with Crippen molar-refractivity contribution >= 4 is 37.6 Å². The van der Waals surface area contributed by atoms with Gasteiger partial charge in [-0.1, -0.05) is 6.92 Å². The van der Waals surface area contributed by atoms with Crippen molar-refractivity contribution in [2.75, 3.05) is 18.5 Å². The maximum absolute atomic E-state index is 6.10. The van der Waals surface area contributed by atoms with Crippen LogP contribution >= 0.6 is 11.3 Å². The van der Waals surface area contributed by atoms with E-state index in [4.69, 9.17) is 14.5 Å². The molecule has 0 bridgehead atoms. The first-order valence-corrected chi connectivity index (χ1v) is 10.9. The van der Waals surface area contributed by atoms with Crippen molar-refractivity contribution in [2.45, 2.75) is 64.8 Å². The van der Waals surface area contributed by atoms with Gasteiger partial charge in [0.1, 0.15) is 17.0 Å². The Kier molecular flexibility index (Phi) is 4.49. The molecule has 6 nitrogen and oxygen atoms in total. The monoisotopic (exact) mass is 398 g/mol. The van der Waals surface area contributed by atoms with E-state index < -0.39 is 0 Å². The van der Waals surface area contributed by atoms with Gasteiger partial charge in [0.2, 0.25) is 0 Å². The van der Waals surface area contributed by atoms with Crippen LogP contribution in [-0.4, -0.2) is 39.8 Å². The molecule has 1 N–H and O–H groups in total. The van der Waals surface area contributed by atoms with Gasteiger partial charge in [-0.15, -0.1) is 11.3 Å². The van der Waals surface area contributed by atoms with Crippen LogP contribution < -0.4 is 5.32 Å². The number of rotatable bonds is 4. The molecule has 0 amide bonds. The van der Waals surface area contributed by atoms with Crippen LogP contribution in [0.5, 0.6) is 0 Å². The average Bonchev–Trinajstić information content (AvgIpc) is 3.32. The maximum atomic E-state index is 6.10. The fourth-order valence-corrected chi connectivity index (χ4v) is 5.45. The summed E-state index contributed by atoms with van der Waals surface area (Å²) in [5, 5.41) is 4.68. The van der Waals surface area contributed by atoms with Crippen molar-refractivity contribution in [2.24, 2.45) is 0 Å². The van der Waals surface area contributed by atoms with Crippen LogP contribution in [0.4, 0.5) is 5.82 Å². The molecule has 0 unspecified atom stereocenters. The molecule has 7 heteroatoms. The van der Waals surface area contributed by atoms with Gasteiger partial charge in [0.25, 0.3) is 0 Å². The van der Waals surface area contributed by atoms with Gasteiger partial charge in [0.15, 0.2) is 0 Å². The van der Waals surface area contributed by atoms with Crippen molar-refractivity contribution in [3.8, 4) is 0 Å². The van der Waals surface area contributed by atoms with Crippen molar-refractivity contribution in [1.29, 1.82) is 0 Å². The Bertz CT molecular complexity index is 1040. The molecule has 0 spiro atoms. The number of fused-ring (bicyclic) bond motifs is 5. The molecule has 2 aliphatic heterocycles. The number of hydrogen-bond donors (Lipinski definition) is 1. The summed E-state index contributed by atoms with van der Waals surface area (Å²) in [6.45, 7) is 8.75. The third-order valence-electron chi connectivity index (χ3n) is 5.77. The van der Waals surface area contributed by atoms with Crippen LogP contribution in [-0.2, 0) is 28.9 Å². The number of hydrogen-bond acceptors (Lipinski definition) is 7. The molecule has 1 fully saturated rings. The molecule has 0 saturated carbocycles. The smallest absolute Gasteiger partial charge is 0.147 e. The summed E-state index contributed by atoms with van der Waals surface area (Å²) in [6, 6.07) is 0. The normalized spacial score (nSPS) is 21.3.